The number of non-ortho nitro benzene ring substituents is 1. The summed E-state index contributed by atoms with van der Waals surface area (Å²) in [4.78, 5) is 20.6. The van der Waals surface area contributed by atoms with E-state index >= 15 is 0 Å². The first-order valence-corrected chi connectivity index (χ1v) is 5.08. The Kier molecular flexibility index (Phi) is 4.25. The molecule has 0 fully saturated rings. The van der Waals surface area contributed by atoms with Crippen molar-refractivity contribution in [2.24, 2.45) is 5.73 Å². The summed E-state index contributed by atoms with van der Waals surface area (Å²) in [5.74, 6) is -0.481. The molecule has 0 radical (unpaired) electrons. The third kappa shape index (κ3) is 3.86. The zero-order chi connectivity index (χ0) is 12.1. The molecule has 6 heteroatoms. The van der Waals surface area contributed by atoms with Crippen LogP contribution in [-0.2, 0) is 11.2 Å². The lowest BCUT2D eigenvalue weighted by atomic mass is 10.1. The fourth-order valence-corrected chi connectivity index (χ4v) is 1.67. The molecule has 1 unspecified atom stereocenters. The van der Waals surface area contributed by atoms with E-state index in [0.29, 0.717) is 6.42 Å². The third-order valence-corrected chi connectivity index (χ3v) is 2.31. The van der Waals surface area contributed by atoms with Crippen molar-refractivity contribution in [2.75, 3.05) is 0 Å². The molecule has 5 nitrogen and oxygen atoms in total. The maximum atomic E-state index is 10.6. The Morgan fingerprint density at radius 2 is 2.25 bits per heavy atom. The Hall–Kier alpha value is -1.62. The summed E-state index contributed by atoms with van der Waals surface area (Å²) >= 11 is 5.87. The van der Waals surface area contributed by atoms with E-state index < -0.39 is 16.2 Å². The fraction of sp³-hybridized carbons (Fsp3) is 0.300. The van der Waals surface area contributed by atoms with Crippen LogP contribution in [0.2, 0.25) is 0 Å². The Morgan fingerprint density at radius 1 is 1.56 bits per heavy atom. The second-order valence-electron chi connectivity index (χ2n) is 3.40. The quantitative estimate of drug-likeness (QED) is 0.484. The number of amides is 1. The molecular weight excluding hydrogens is 232 g/mol. The third-order valence-electron chi connectivity index (χ3n) is 2.00. The Labute approximate surface area is 97.3 Å². The van der Waals surface area contributed by atoms with Gasteiger partial charge in [0, 0.05) is 23.9 Å². The van der Waals surface area contributed by atoms with Gasteiger partial charge in [-0.25, -0.2) is 0 Å². The van der Waals surface area contributed by atoms with Crippen LogP contribution in [0.5, 0.6) is 0 Å². The number of nitro groups is 1. The van der Waals surface area contributed by atoms with Gasteiger partial charge in [-0.1, -0.05) is 12.1 Å². The number of carbonyl (C=O) groups excluding carboxylic acids is 1. The Morgan fingerprint density at radius 3 is 2.81 bits per heavy atom. The maximum absolute atomic E-state index is 10.6. The van der Waals surface area contributed by atoms with E-state index in [4.69, 9.17) is 17.3 Å². The van der Waals surface area contributed by atoms with Crippen LogP contribution in [0.3, 0.4) is 0 Å². The van der Waals surface area contributed by atoms with Gasteiger partial charge >= 0.3 is 0 Å². The molecule has 0 aromatic heterocycles. The van der Waals surface area contributed by atoms with Crippen LogP contribution in [0.4, 0.5) is 5.69 Å². The number of nitrogens with two attached hydrogens (primary N) is 1. The molecule has 0 aliphatic heterocycles. The largest absolute Gasteiger partial charge is 0.370 e. The first-order chi connectivity index (χ1) is 7.49. The number of hydrogen-bond acceptors (Lipinski definition) is 3. The van der Waals surface area contributed by atoms with Crippen LogP contribution in [0, 0.1) is 10.1 Å². The summed E-state index contributed by atoms with van der Waals surface area (Å²) in [6.45, 7) is 0. The highest BCUT2D eigenvalue weighted by Crippen LogP contribution is 2.17. The van der Waals surface area contributed by atoms with Gasteiger partial charge < -0.3 is 5.73 Å². The number of nitro benzene ring substituents is 1. The maximum Gasteiger partial charge on any atom is 0.269 e. The van der Waals surface area contributed by atoms with E-state index in [-0.39, 0.29) is 12.1 Å². The SMILES string of the molecule is NC(=O)CC(Cl)Cc1cccc([N+](=O)[O-])c1. The summed E-state index contributed by atoms with van der Waals surface area (Å²) < 4.78 is 0. The lowest BCUT2D eigenvalue weighted by Gasteiger charge is -2.06. The molecule has 86 valence electrons. The van der Waals surface area contributed by atoms with Gasteiger partial charge in [-0.3, -0.25) is 14.9 Å². The zero-order valence-electron chi connectivity index (χ0n) is 8.43. The van der Waals surface area contributed by atoms with Gasteiger partial charge in [0.05, 0.1) is 4.92 Å². The van der Waals surface area contributed by atoms with Crippen LogP contribution in [0.25, 0.3) is 0 Å². The molecule has 0 spiro atoms. The van der Waals surface area contributed by atoms with Crippen molar-refractivity contribution in [3.63, 3.8) is 0 Å². The Balaban J connectivity index is 2.70. The van der Waals surface area contributed by atoms with E-state index in [1.807, 2.05) is 0 Å². The number of nitrogens with zero attached hydrogens (tertiary/aromatic N) is 1. The smallest absolute Gasteiger partial charge is 0.269 e. The lowest BCUT2D eigenvalue weighted by Crippen LogP contribution is -2.17. The molecular formula is C10H11ClN2O3. The van der Waals surface area contributed by atoms with Gasteiger partial charge in [0.2, 0.25) is 5.91 Å². The number of halogens is 1. The fourth-order valence-electron chi connectivity index (χ4n) is 1.34. The number of primary amides is 1. The standard InChI is InChI=1S/C10H11ClN2O3/c11-8(6-10(12)14)4-7-2-1-3-9(5-7)13(15)16/h1-3,5,8H,4,6H2,(H2,12,14). The topological polar surface area (TPSA) is 86.2 Å². The minimum absolute atomic E-state index is 0.0143. The monoisotopic (exact) mass is 242 g/mol. The van der Waals surface area contributed by atoms with Crippen LogP contribution >= 0.6 is 11.6 Å². The van der Waals surface area contributed by atoms with Crippen molar-refractivity contribution in [1.82, 2.24) is 0 Å². The van der Waals surface area contributed by atoms with Gasteiger partial charge in [0.1, 0.15) is 0 Å². The molecule has 0 heterocycles. The normalized spacial score (nSPS) is 12.1. The highest BCUT2D eigenvalue weighted by Gasteiger charge is 2.11. The van der Waals surface area contributed by atoms with Crippen molar-refractivity contribution in [2.45, 2.75) is 18.2 Å². The average molecular weight is 243 g/mol. The van der Waals surface area contributed by atoms with Crippen LogP contribution in [0.15, 0.2) is 24.3 Å². The first-order valence-electron chi connectivity index (χ1n) is 4.64. The predicted molar refractivity (Wildman–Crippen MR) is 60.3 cm³/mol. The summed E-state index contributed by atoms with van der Waals surface area (Å²) in [5, 5.41) is 10.1. The lowest BCUT2D eigenvalue weighted by molar-refractivity contribution is -0.384. The van der Waals surface area contributed by atoms with Crippen LogP contribution in [0.1, 0.15) is 12.0 Å². The molecule has 0 saturated heterocycles. The second kappa shape index (κ2) is 5.46. The summed E-state index contributed by atoms with van der Waals surface area (Å²) in [6, 6.07) is 6.15. The molecule has 16 heavy (non-hydrogen) atoms. The molecule has 2 N–H and O–H groups in total. The molecule has 1 aromatic carbocycles. The number of benzene rings is 1. The summed E-state index contributed by atoms with van der Waals surface area (Å²) in [7, 11) is 0. The molecule has 0 bridgehead atoms. The van der Waals surface area contributed by atoms with Gasteiger partial charge in [-0.05, 0) is 12.0 Å². The van der Waals surface area contributed by atoms with E-state index in [0.717, 1.165) is 5.56 Å². The minimum atomic E-state index is -0.481. The highest BCUT2D eigenvalue weighted by atomic mass is 35.5. The van der Waals surface area contributed by atoms with Crippen molar-refractivity contribution in [3.05, 3.63) is 39.9 Å². The van der Waals surface area contributed by atoms with Gasteiger partial charge in [0.15, 0.2) is 0 Å². The van der Waals surface area contributed by atoms with Crippen molar-refractivity contribution >= 4 is 23.2 Å². The van der Waals surface area contributed by atoms with E-state index in [1.54, 1.807) is 12.1 Å². The molecule has 1 atom stereocenters. The molecule has 1 amide bonds. The summed E-state index contributed by atoms with van der Waals surface area (Å²) in [5.41, 5.74) is 5.73. The Bertz CT molecular complexity index is 409. The van der Waals surface area contributed by atoms with E-state index in [9.17, 15) is 14.9 Å². The molecule has 0 aliphatic rings. The van der Waals surface area contributed by atoms with E-state index in [2.05, 4.69) is 0 Å². The van der Waals surface area contributed by atoms with Crippen LogP contribution < -0.4 is 5.73 Å². The molecule has 0 aliphatic carbocycles. The van der Waals surface area contributed by atoms with Crippen molar-refractivity contribution in [1.29, 1.82) is 0 Å². The number of hydrogen-bond donors (Lipinski definition) is 1. The molecule has 1 rings (SSSR count). The zero-order valence-corrected chi connectivity index (χ0v) is 9.18. The molecule has 0 saturated carbocycles. The second-order valence-corrected chi connectivity index (χ2v) is 4.02. The number of alkyl halides is 1. The number of carbonyl (C=O) groups is 1. The minimum Gasteiger partial charge on any atom is -0.370 e. The summed E-state index contributed by atoms with van der Waals surface area (Å²) in [6.07, 6.45) is 0.441. The van der Waals surface area contributed by atoms with Crippen molar-refractivity contribution in [3.8, 4) is 0 Å². The average Bonchev–Trinajstić information content (AvgIpc) is 2.16. The van der Waals surface area contributed by atoms with Gasteiger partial charge in [-0.15, -0.1) is 11.6 Å². The van der Waals surface area contributed by atoms with Crippen molar-refractivity contribution < 1.29 is 9.72 Å². The van der Waals surface area contributed by atoms with Gasteiger partial charge in [0.25, 0.3) is 5.69 Å². The molecule has 1 aromatic rings. The predicted octanol–water partition coefficient (Wildman–Crippen LogP) is 1.62. The highest BCUT2D eigenvalue weighted by molar-refractivity contribution is 6.21. The van der Waals surface area contributed by atoms with Gasteiger partial charge in [-0.2, -0.15) is 0 Å². The van der Waals surface area contributed by atoms with Crippen LogP contribution in [-0.4, -0.2) is 16.2 Å². The van der Waals surface area contributed by atoms with E-state index in [1.165, 1.54) is 12.1 Å². The number of rotatable bonds is 5. The first kappa shape index (κ1) is 12.4.